The van der Waals surface area contributed by atoms with Crippen LogP contribution in [0.5, 0.6) is 0 Å². The van der Waals surface area contributed by atoms with Crippen LogP contribution in [0.15, 0.2) is 47.2 Å². The average Bonchev–Trinajstić information content (AvgIpc) is 2.35. The summed E-state index contributed by atoms with van der Waals surface area (Å²) in [6.45, 7) is 6.04. The largest absolute Gasteiger partial charge is 0.256 e. The third kappa shape index (κ3) is 2.91. The van der Waals surface area contributed by atoms with Gasteiger partial charge >= 0.3 is 0 Å². The highest BCUT2D eigenvalue weighted by Gasteiger charge is 2.04. The molecule has 1 heterocycles. The first-order valence-electron chi connectivity index (χ1n) is 5.88. The first kappa shape index (κ1) is 12.2. The maximum atomic E-state index is 4.29. The molecule has 2 rings (SSSR count). The standard InChI is InChI=1S/C14H16N4/c1-10(2)8-11(3)16-18-14-13-7-5-4-6-12(13)9-15-17-14/h4-9H,1-3H3,(H,17,18)/p+1/b16-11+. The van der Waals surface area contributed by atoms with E-state index in [0.717, 1.165) is 22.3 Å². The number of hydrogen-bond acceptors (Lipinski definition) is 3. The maximum absolute atomic E-state index is 4.29. The number of hydrogen-bond donors (Lipinski definition) is 1. The number of H-pyrrole nitrogens is 1. The van der Waals surface area contributed by atoms with E-state index in [1.165, 1.54) is 5.57 Å². The zero-order chi connectivity index (χ0) is 13.0. The molecule has 0 saturated heterocycles. The Morgan fingerprint density at radius 2 is 2.06 bits per heavy atom. The molecule has 92 valence electrons. The summed E-state index contributed by atoms with van der Waals surface area (Å²) in [5.41, 5.74) is 5.13. The van der Waals surface area contributed by atoms with Crippen LogP contribution in [0.1, 0.15) is 20.8 Å². The second kappa shape index (κ2) is 5.40. The zero-order valence-corrected chi connectivity index (χ0v) is 10.9. The van der Waals surface area contributed by atoms with E-state index in [-0.39, 0.29) is 0 Å². The van der Waals surface area contributed by atoms with Gasteiger partial charge in [0.2, 0.25) is 12.0 Å². The number of anilines is 1. The predicted octanol–water partition coefficient (Wildman–Crippen LogP) is 2.80. The van der Waals surface area contributed by atoms with Crippen molar-refractivity contribution in [3.8, 4) is 0 Å². The zero-order valence-electron chi connectivity index (χ0n) is 10.9. The summed E-state index contributed by atoms with van der Waals surface area (Å²) in [6, 6.07) is 8.04. The number of fused-ring (bicyclic) bond motifs is 1. The van der Waals surface area contributed by atoms with Crippen molar-refractivity contribution in [1.29, 1.82) is 0 Å². The quantitative estimate of drug-likeness (QED) is 0.663. The van der Waals surface area contributed by atoms with Crippen LogP contribution in [0.4, 0.5) is 5.82 Å². The number of aromatic nitrogens is 2. The summed E-state index contributed by atoms with van der Waals surface area (Å²) in [5, 5.41) is 13.5. The SMILES string of the molecule is CC(C)=C/C(C)=N/Nc1n[nH+]cc2ccccc12. The minimum atomic E-state index is 0.731. The van der Waals surface area contributed by atoms with Crippen molar-refractivity contribution >= 4 is 22.3 Å². The van der Waals surface area contributed by atoms with Crippen LogP contribution in [0.2, 0.25) is 0 Å². The highest BCUT2D eigenvalue weighted by molar-refractivity contribution is 5.95. The van der Waals surface area contributed by atoms with Gasteiger partial charge in [-0.05, 0) is 32.9 Å². The molecule has 4 nitrogen and oxygen atoms in total. The molecule has 0 unspecified atom stereocenters. The fourth-order valence-corrected chi connectivity index (χ4v) is 1.74. The first-order chi connectivity index (χ1) is 8.66. The van der Waals surface area contributed by atoms with Crippen LogP contribution in [0.3, 0.4) is 0 Å². The van der Waals surface area contributed by atoms with Crippen molar-refractivity contribution in [1.82, 2.24) is 5.10 Å². The van der Waals surface area contributed by atoms with E-state index in [1.807, 2.05) is 57.3 Å². The van der Waals surface area contributed by atoms with Crippen LogP contribution >= 0.6 is 0 Å². The van der Waals surface area contributed by atoms with Crippen LogP contribution < -0.4 is 10.5 Å². The van der Waals surface area contributed by atoms with E-state index in [4.69, 9.17) is 0 Å². The molecule has 18 heavy (non-hydrogen) atoms. The van der Waals surface area contributed by atoms with E-state index < -0.39 is 0 Å². The van der Waals surface area contributed by atoms with Crippen LogP contribution in [-0.2, 0) is 0 Å². The number of rotatable bonds is 3. The van der Waals surface area contributed by atoms with Gasteiger partial charge < -0.3 is 0 Å². The molecule has 0 aliphatic carbocycles. The third-order valence-corrected chi connectivity index (χ3v) is 2.45. The number of nitrogens with one attached hydrogen (secondary N) is 2. The molecule has 1 aromatic heterocycles. The van der Waals surface area contributed by atoms with Gasteiger partial charge in [-0.3, -0.25) is 5.43 Å². The molecule has 0 bridgehead atoms. The van der Waals surface area contributed by atoms with E-state index in [9.17, 15) is 0 Å². The Labute approximate surface area is 106 Å². The summed E-state index contributed by atoms with van der Waals surface area (Å²) in [5.74, 6) is 0.731. The van der Waals surface area contributed by atoms with Crippen LogP contribution in [-0.4, -0.2) is 10.8 Å². The molecule has 0 radical (unpaired) electrons. The van der Waals surface area contributed by atoms with Crippen molar-refractivity contribution in [3.63, 3.8) is 0 Å². The summed E-state index contributed by atoms with van der Waals surface area (Å²) in [6.07, 6.45) is 3.88. The number of aromatic amines is 1. The third-order valence-electron chi connectivity index (χ3n) is 2.45. The molecule has 1 aromatic carbocycles. The van der Waals surface area contributed by atoms with Crippen molar-refractivity contribution in [2.45, 2.75) is 20.8 Å². The van der Waals surface area contributed by atoms with Gasteiger partial charge in [-0.2, -0.15) is 5.10 Å². The van der Waals surface area contributed by atoms with Gasteiger partial charge in [0.05, 0.1) is 11.1 Å². The Hall–Kier alpha value is -2.23. The van der Waals surface area contributed by atoms with Crippen LogP contribution in [0, 0.1) is 0 Å². The molecule has 0 atom stereocenters. The van der Waals surface area contributed by atoms with E-state index >= 15 is 0 Å². The lowest BCUT2D eigenvalue weighted by atomic mass is 10.2. The molecule has 0 spiro atoms. The van der Waals surface area contributed by atoms with Crippen molar-refractivity contribution in [2.75, 3.05) is 5.43 Å². The van der Waals surface area contributed by atoms with E-state index in [2.05, 4.69) is 20.7 Å². The van der Waals surface area contributed by atoms with Crippen molar-refractivity contribution < 1.29 is 5.10 Å². The lowest BCUT2D eigenvalue weighted by Gasteiger charge is -2.01. The fraction of sp³-hybridized carbons (Fsp3) is 0.214. The molecule has 0 aliphatic heterocycles. The van der Waals surface area contributed by atoms with E-state index in [0.29, 0.717) is 0 Å². The lowest BCUT2D eigenvalue weighted by molar-refractivity contribution is -0.451. The average molecular weight is 241 g/mol. The van der Waals surface area contributed by atoms with Gasteiger partial charge in [0.1, 0.15) is 0 Å². The van der Waals surface area contributed by atoms with E-state index in [1.54, 1.807) is 0 Å². The summed E-state index contributed by atoms with van der Waals surface area (Å²) >= 11 is 0. The Morgan fingerprint density at radius 3 is 2.83 bits per heavy atom. The molecule has 4 heteroatoms. The van der Waals surface area contributed by atoms with Gasteiger partial charge in [-0.1, -0.05) is 23.8 Å². The van der Waals surface area contributed by atoms with Gasteiger partial charge in [-0.25, -0.2) is 0 Å². The number of allylic oxidation sites excluding steroid dienone is 2. The van der Waals surface area contributed by atoms with Gasteiger partial charge in [-0.15, -0.1) is 5.10 Å². The first-order valence-corrected chi connectivity index (χ1v) is 5.88. The number of hydrazone groups is 1. The Balaban J connectivity index is 2.30. The van der Waals surface area contributed by atoms with Crippen LogP contribution in [0.25, 0.3) is 10.8 Å². The van der Waals surface area contributed by atoms with Crippen molar-refractivity contribution in [2.24, 2.45) is 5.10 Å². The summed E-state index contributed by atoms with van der Waals surface area (Å²) in [7, 11) is 0. The number of benzene rings is 1. The van der Waals surface area contributed by atoms with Gasteiger partial charge in [0.15, 0.2) is 0 Å². The Bertz CT molecular complexity index is 605. The minimum Gasteiger partial charge on any atom is -0.256 e. The fourth-order valence-electron chi connectivity index (χ4n) is 1.74. The molecule has 0 amide bonds. The molecule has 0 saturated carbocycles. The normalized spacial score (nSPS) is 11.4. The van der Waals surface area contributed by atoms with Gasteiger partial charge in [0, 0.05) is 10.5 Å². The minimum absolute atomic E-state index is 0.731. The molecule has 0 fully saturated rings. The highest BCUT2D eigenvalue weighted by atomic mass is 15.3. The Kier molecular flexibility index (Phi) is 3.67. The van der Waals surface area contributed by atoms with Gasteiger partial charge in [0.25, 0.3) is 0 Å². The smallest absolute Gasteiger partial charge is 0.221 e. The molecule has 0 aliphatic rings. The Morgan fingerprint density at radius 1 is 1.28 bits per heavy atom. The molecule has 2 N–H and O–H groups in total. The topological polar surface area (TPSA) is 51.4 Å². The highest BCUT2D eigenvalue weighted by Crippen LogP contribution is 2.17. The molecular weight excluding hydrogens is 224 g/mol. The molecular formula is C14H17N4+. The second-order valence-corrected chi connectivity index (χ2v) is 4.41. The monoisotopic (exact) mass is 241 g/mol. The maximum Gasteiger partial charge on any atom is 0.221 e. The predicted molar refractivity (Wildman–Crippen MR) is 74.5 cm³/mol. The summed E-state index contributed by atoms with van der Waals surface area (Å²) < 4.78 is 0. The molecule has 2 aromatic rings. The lowest BCUT2D eigenvalue weighted by Crippen LogP contribution is -2.10. The number of nitrogens with zero attached hydrogens (tertiary/aromatic N) is 2. The summed E-state index contributed by atoms with van der Waals surface area (Å²) in [4.78, 5) is 0. The van der Waals surface area contributed by atoms with Crippen molar-refractivity contribution in [3.05, 3.63) is 42.1 Å². The second-order valence-electron chi connectivity index (χ2n) is 4.41.